The summed E-state index contributed by atoms with van der Waals surface area (Å²) < 4.78 is 6.35. The molecule has 3 aromatic rings. The Morgan fingerprint density at radius 1 is 1.36 bits per heavy atom. The van der Waals surface area contributed by atoms with Gasteiger partial charge in [0.25, 0.3) is 5.91 Å². The molecule has 1 aliphatic rings. The molecule has 0 spiro atoms. The third-order valence-corrected chi connectivity index (χ3v) is 6.14. The van der Waals surface area contributed by atoms with Crippen LogP contribution in [-0.2, 0) is 0 Å². The first-order chi connectivity index (χ1) is 12.2. The maximum absolute atomic E-state index is 12.3. The molecule has 0 bridgehead atoms. The van der Waals surface area contributed by atoms with Crippen molar-refractivity contribution < 1.29 is 9.21 Å². The molecule has 3 heterocycles. The summed E-state index contributed by atoms with van der Waals surface area (Å²) in [7, 11) is 0. The van der Waals surface area contributed by atoms with Crippen LogP contribution in [0, 0.1) is 5.92 Å². The maximum Gasteiger partial charge on any atom is 0.261 e. The van der Waals surface area contributed by atoms with Crippen molar-refractivity contribution in [2.45, 2.75) is 19.4 Å². The summed E-state index contributed by atoms with van der Waals surface area (Å²) in [6, 6.07) is 14.8. The largest absolute Gasteiger partial charge is 0.463 e. The van der Waals surface area contributed by atoms with Crippen molar-refractivity contribution in [1.29, 1.82) is 0 Å². The number of nitrogens with one attached hydrogen (secondary N) is 1. The zero-order valence-electron chi connectivity index (χ0n) is 14.3. The van der Waals surface area contributed by atoms with Crippen LogP contribution < -0.4 is 5.32 Å². The molecule has 1 fully saturated rings. The van der Waals surface area contributed by atoms with Gasteiger partial charge in [-0.3, -0.25) is 9.69 Å². The molecule has 1 aliphatic heterocycles. The van der Waals surface area contributed by atoms with Crippen molar-refractivity contribution in [2.75, 3.05) is 19.6 Å². The SMILES string of the molecule is CC(c1ccccc1)N1CCC(CNC(=O)c2cc3occc3s2)C1. The number of hydrogen-bond acceptors (Lipinski definition) is 4. The number of carbonyl (C=O) groups is 1. The van der Waals surface area contributed by atoms with Crippen molar-refractivity contribution >= 4 is 27.5 Å². The maximum atomic E-state index is 12.3. The molecule has 4 nitrogen and oxygen atoms in total. The fourth-order valence-electron chi connectivity index (χ4n) is 3.53. The Morgan fingerprint density at radius 3 is 3.00 bits per heavy atom. The van der Waals surface area contributed by atoms with Crippen molar-refractivity contribution in [3.63, 3.8) is 0 Å². The topological polar surface area (TPSA) is 45.5 Å². The number of carbonyl (C=O) groups excluding carboxylic acids is 1. The van der Waals surface area contributed by atoms with Gasteiger partial charge in [-0.15, -0.1) is 11.3 Å². The lowest BCUT2D eigenvalue weighted by Gasteiger charge is -2.24. The molecule has 0 aliphatic carbocycles. The predicted molar refractivity (Wildman–Crippen MR) is 101 cm³/mol. The van der Waals surface area contributed by atoms with Gasteiger partial charge in [-0.1, -0.05) is 30.3 Å². The number of furan rings is 1. The second-order valence-corrected chi connectivity index (χ2v) is 7.79. The van der Waals surface area contributed by atoms with Gasteiger partial charge < -0.3 is 9.73 Å². The monoisotopic (exact) mass is 354 g/mol. The van der Waals surface area contributed by atoms with Crippen LogP contribution in [0.1, 0.15) is 34.6 Å². The fourth-order valence-corrected chi connectivity index (χ4v) is 4.42. The van der Waals surface area contributed by atoms with E-state index in [0.29, 0.717) is 12.0 Å². The molecular weight excluding hydrogens is 332 g/mol. The van der Waals surface area contributed by atoms with E-state index in [1.165, 1.54) is 16.9 Å². The smallest absolute Gasteiger partial charge is 0.261 e. The van der Waals surface area contributed by atoms with Crippen molar-refractivity contribution in [3.8, 4) is 0 Å². The number of amides is 1. The average molecular weight is 354 g/mol. The minimum Gasteiger partial charge on any atom is -0.463 e. The van der Waals surface area contributed by atoms with Gasteiger partial charge in [0.2, 0.25) is 0 Å². The van der Waals surface area contributed by atoms with Crippen LogP contribution in [0.2, 0.25) is 0 Å². The Hall–Kier alpha value is -2.11. The molecule has 1 amide bonds. The first-order valence-corrected chi connectivity index (χ1v) is 9.56. The van der Waals surface area contributed by atoms with E-state index in [0.717, 1.165) is 41.2 Å². The normalized spacial score (nSPS) is 19.3. The van der Waals surface area contributed by atoms with Crippen LogP contribution in [-0.4, -0.2) is 30.4 Å². The van der Waals surface area contributed by atoms with Crippen molar-refractivity contribution in [1.82, 2.24) is 10.2 Å². The molecule has 1 aromatic carbocycles. The zero-order valence-corrected chi connectivity index (χ0v) is 15.1. The standard InChI is InChI=1S/C20H22N2O2S/c1-14(16-5-3-2-4-6-16)22-9-7-15(13-22)12-21-20(23)19-11-17-18(25-19)8-10-24-17/h2-6,8,10-11,14-15H,7,9,12-13H2,1H3,(H,21,23). The van der Waals surface area contributed by atoms with Crippen LogP contribution in [0.5, 0.6) is 0 Å². The minimum absolute atomic E-state index is 0.00552. The van der Waals surface area contributed by atoms with Crippen LogP contribution in [0.15, 0.2) is 53.1 Å². The highest BCUT2D eigenvalue weighted by Crippen LogP contribution is 2.28. The molecule has 25 heavy (non-hydrogen) atoms. The molecule has 130 valence electrons. The molecule has 2 unspecified atom stereocenters. The highest BCUT2D eigenvalue weighted by atomic mass is 32.1. The molecule has 1 N–H and O–H groups in total. The Labute approximate surface area is 151 Å². The number of likely N-dealkylation sites (tertiary alicyclic amines) is 1. The lowest BCUT2D eigenvalue weighted by molar-refractivity contribution is 0.0951. The van der Waals surface area contributed by atoms with E-state index < -0.39 is 0 Å². The molecular formula is C20H22N2O2S. The molecule has 0 radical (unpaired) electrons. The second kappa shape index (κ2) is 7.02. The van der Waals surface area contributed by atoms with Crippen molar-refractivity contribution in [2.24, 2.45) is 5.92 Å². The summed E-state index contributed by atoms with van der Waals surface area (Å²) in [5.74, 6) is 0.518. The number of nitrogens with zero attached hydrogens (tertiary/aromatic N) is 1. The van der Waals surface area contributed by atoms with Gasteiger partial charge in [-0.2, -0.15) is 0 Å². The van der Waals surface area contributed by atoms with Gasteiger partial charge in [-0.05, 0) is 37.4 Å². The van der Waals surface area contributed by atoms with Gasteiger partial charge in [0.15, 0.2) is 0 Å². The Kier molecular flexibility index (Phi) is 4.59. The van der Waals surface area contributed by atoms with Gasteiger partial charge in [0.1, 0.15) is 5.58 Å². The summed E-state index contributed by atoms with van der Waals surface area (Å²) in [4.78, 5) is 15.6. The lowest BCUT2D eigenvalue weighted by atomic mass is 10.1. The summed E-state index contributed by atoms with van der Waals surface area (Å²) in [5, 5.41) is 3.09. The van der Waals surface area contributed by atoms with E-state index in [4.69, 9.17) is 4.42 Å². The number of benzene rings is 1. The minimum atomic E-state index is 0.00552. The van der Waals surface area contributed by atoms with E-state index in [1.807, 2.05) is 12.1 Å². The Bertz CT molecular complexity index is 826. The van der Waals surface area contributed by atoms with Crippen LogP contribution in [0.4, 0.5) is 0 Å². The number of thiophene rings is 1. The first kappa shape index (κ1) is 16.4. The first-order valence-electron chi connectivity index (χ1n) is 8.75. The number of rotatable bonds is 5. The van der Waals surface area contributed by atoms with Gasteiger partial charge in [0, 0.05) is 25.2 Å². The zero-order chi connectivity index (χ0) is 17.2. The second-order valence-electron chi connectivity index (χ2n) is 6.71. The lowest BCUT2D eigenvalue weighted by Crippen LogP contribution is -2.31. The summed E-state index contributed by atoms with van der Waals surface area (Å²) >= 11 is 1.48. The number of hydrogen-bond donors (Lipinski definition) is 1. The molecule has 5 heteroatoms. The molecule has 2 atom stereocenters. The number of fused-ring (bicyclic) bond motifs is 1. The summed E-state index contributed by atoms with van der Waals surface area (Å²) in [6.45, 7) is 5.11. The third-order valence-electron chi connectivity index (χ3n) is 5.06. The predicted octanol–water partition coefficient (Wildman–Crippen LogP) is 4.31. The molecule has 2 aromatic heterocycles. The highest BCUT2D eigenvalue weighted by molar-refractivity contribution is 7.20. The average Bonchev–Trinajstić information content (AvgIpc) is 3.35. The van der Waals surface area contributed by atoms with Crippen molar-refractivity contribution in [3.05, 3.63) is 59.2 Å². The van der Waals surface area contributed by atoms with Crippen LogP contribution in [0.25, 0.3) is 10.3 Å². The van der Waals surface area contributed by atoms with E-state index >= 15 is 0 Å². The van der Waals surface area contributed by atoms with Gasteiger partial charge >= 0.3 is 0 Å². The van der Waals surface area contributed by atoms with Crippen LogP contribution in [0.3, 0.4) is 0 Å². The van der Waals surface area contributed by atoms with E-state index in [2.05, 4.69) is 47.5 Å². The van der Waals surface area contributed by atoms with E-state index in [-0.39, 0.29) is 5.91 Å². The van der Waals surface area contributed by atoms with E-state index in [1.54, 1.807) is 6.26 Å². The summed E-state index contributed by atoms with van der Waals surface area (Å²) in [5.41, 5.74) is 2.15. The van der Waals surface area contributed by atoms with Crippen LogP contribution >= 0.6 is 11.3 Å². The third kappa shape index (κ3) is 3.48. The highest BCUT2D eigenvalue weighted by Gasteiger charge is 2.27. The van der Waals surface area contributed by atoms with Gasteiger partial charge in [0.05, 0.1) is 15.8 Å². The Morgan fingerprint density at radius 2 is 2.20 bits per heavy atom. The van der Waals surface area contributed by atoms with E-state index in [9.17, 15) is 4.79 Å². The van der Waals surface area contributed by atoms with Gasteiger partial charge in [-0.25, -0.2) is 0 Å². The molecule has 0 saturated carbocycles. The summed E-state index contributed by atoms with van der Waals surface area (Å²) in [6.07, 6.45) is 2.79. The quantitative estimate of drug-likeness (QED) is 0.743. The Balaban J connectivity index is 1.30. The molecule has 1 saturated heterocycles. The fraction of sp³-hybridized carbons (Fsp3) is 0.350. The molecule has 4 rings (SSSR count).